The number of rotatable bonds is 4. The van der Waals surface area contributed by atoms with E-state index in [1.165, 1.54) is 7.11 Å². The monoisotopic (exact) mass is 246 g/mol. The van der Waals surface area contributed by atoms with Gasteiger partial charge in [-0.25, -0.2) is 0 Å². The number of ether oxygens (including phenoxy) is 1. The molecule has 0 saturated carbocycles. The highest BCUT2D eigenvalue weighted by molar-refractivity contribution is 7.86. The minimum Gasteiger partial charge on any atom is -0.496 e. The molecule has 0 radical (unpaired) electrons. The lowest BCUT2D eigenvalue weighted by molar-refractivity contribution is 0.397. The topological polar surface area (TPSA) is 43.4 Å². The molecule has 90 valence electrons. The van der Waals surface area contributed by atoms with Crippen LogP contribution in [0.15, 0.2) is 24.3 Å². The van der Waals surface area contributed by atoms with Crippen molar-refractivity contribution in [3.8, 4) is 5.75 Å². The Morgan fingerprint density at radius 1 is 1.31 bits per heavy atom. The summed E-state index contributed by atoms with van der Waals surface area (Å²) >= 11 is 0. The molecule has 1 aromatic carbocycles. The van der Waals surface area contributed by atoms with Crippen LogP contribution in [0.25, 0.3) is 0 Å². The highest BCUT2D eigenvalue weighted by Gasteiger charge is 2.30. The van der Waals surface area contributed by atoms with Crippen molar-refractivity contribution in [1.82, 2.24) is 0 Å². The molecule has 0 heterocycles. The van der Waals surface area contributed by atoms with Gasteiger partial charge in [0.25, 0.3) is 0 Å². The lowest BCUT2D eigenvalue weighted by Gasteiger charge is -2.25. The van der Waals surface area contributed by atoms with Crippen LogP contribution < -0.4 is 4.74 Å². The molecule has 16 heavy (non-hydrogen) atoms. The summed E-state index contributed by atoms with van der Waals surface area (Å²) < 4.78 is 39.3. The van der Waals surface area contributed by atoms with Crippen LogP contribution in [0.2, 0.25) is 0 Å². The number of hydrogen-bond acceptors (Lipinski definition) is 3. The molecule has 1 aromatic rings. The van der Waals surface area contributed by atoms with Gasteiger partial charge >= 0.3 is 10.2 Å². The summed E-state index contributed by atoms with van der Waals surface area (Å²) in [5, 5.41) is 0. The van der Waals surface area contributed by atoms with Crippen LogP contribution in [-0.4, -0.2) is 21.3 Å². The molecule has 0 saturated heterocycles. The fourth-order valence-corrected chi connectivity index (χ4v) is 2.73. The quantitative estimate of drug-likeness (QED) is 0.765. The van der Waals surface area contributed by atoms with Crippen molar-refractivity contribution in [3.63, 3.8) is 0 Å². The number of hydrogen-bond donors (Lipinski definition) is 0. The third-order valence-electron chi connectivity index (χ3n) is 2.37. The van der Waals surface area contributed by atoms with Gasteiger partial charge in [-0.3, -0.25) is 0 Å². The highest BCUT2D eigenvalue weighted by Crippen LogP contribution is 2.32. The van der Waals surface area contributed by atoms with Crippen LogP contribution in [0.5, 0.6) is 5.75 Å². The normalized spacial score (nSPS) is 12.5. The van der Waals surface area contributed by atoms with E-state index in [2.05, 4.69) is 0 Å². The molecule has 3 nitrogen and oxygen atoms in total. The van der Waals surface area contributed by atoms with E-state index in [1.54, 1.807) is 38.1 Å². The van der Waals surface area contributed by atoms with E-state index in [-0.39, 0.29) is 0 Å². The van der Waals surface area contributed by atoms with Crippen LogP contribution in [0.1, 0.15) is 19.4 Å². The Hall–Kier alpha value is -1.10. The zero-order valence-corrected chi connectivity index (χ0v) is 10.3. The molecule has 0 aliphatic carbocycles. The summed E-state index contributed by atoms with van der Waals surface area (Å²) in [5.74, 6) is 0.0107. The maximum atomic E-state index is 12.7. The number of halogens is 1. The summed E-state index contributed by atoms with van der Waals surface area (Å²) in [7, 11) is -3.01. The Morgan fingerprint density at radius 2 is 1.88 bits per heavy atom. The maximum Gasteiger partial charge on any atom is 0.303 e. The third kappa shape index (κ3) is 3.20. The van der Waals surface area contributed by atoms with E-state index < -0.39 is 21.4 Å². The Bertz CT molecular complexity index is 466. The summed E-state index contributed by atoms with van der Waals surface area (Å²) in [5.41, 5.74) is -0.140. The van der Waals surface area contributed by atoms with Crippen LogP contribution in [0, 0.1) is 0 Å². The molecule has 0 amide bonds. The largest absolute Gasteiger partial charge is 0.496 e. The Morgan fingerprint density at radius 3 is 2.38 bits per heavy atom. The van der Waals surface area contributed by atoms with E-state index in [4.69, 9.17) is 4.74 Å². The van der Waals surface area contributed by atoms with Crippen LogP contribution in [0.4, 0.5) is 3.89 Å². The first-order valence-corrected chi connectivity index (χ1v) is 6.37. The summed E-state index contributed by atoms with van der Waals surface area (Å²) in [6.07, 6.45) is 0. The summed E-state index contributed by atoms with van der Waals surface area (Å²) in [6, 6.07) is 7.01. The Labute approximate surface area is 95.5 Å². The van der Waals surface area contributed by atoms with Gasteiger partial charge < -0.3 is 4.74 Å². The van der Waals surface area contributed by atoms with Gasteiger partial charge in [0.15, 0.2) is 0 Å². The summed E-state index contributed by atoms with van der Waals surface area (Å²) in [6.45, 7) is 3.34. The van der Waals surface area contributed by atoms with Gasteiger partial charge in [0, 0.05) is 11.0 Å². The van der Waals surface area contributed by atoms with Crippen molar-refractivity contribution in [2.75, 3.05) is 12.9 Å². The van der Waals surface area contributed by atoms with Crippen molar-refractivity contribution >= 4 is 10.2 Å². The van der Waals surface area contributed by atoms with Crippen molar-refractivity contribution in [2.45, 2.75) is 19.3 Å². The van der Waals surface area contributed by atoms with Gasteiger partial charge in [0.05, 0.1) is 12.9 Å². The predicted octanol–water partition coefficient (Wildman–Crippen LogP) is 2.27. The molecule has 1 rings (SSSR count). The molecule has 0 aromatic heterocycles. The first-order chi connectivity index (χ1) is 7.26. The second-order valence-electron chi connectivity index (χ2n) is 4.27. The van der Waals surface area contributed by atoms with Crippen molar-refractivity contribution < 1.29 is 17.0 Å². The molecule has 0 bridgehead atoms. The molecule has 0 N–H and O–H groups in total. The highest BCUT2D eigenvalue weighted by atomic mass is 32.3. The molecule has 0 unspecified atom stereocenters. The molecule has 0 spiro atoms. The Kier molecular flexibility index (Phi) is 3.57. The molecule has 0 aliphatic heterocycles. The maximum absolute atomic E-state index is 12.7. The first-order valence-electron chi connectivity index (χ1n) is 4.82. The molecule has 5 heteroatoms. The summed E-state index contributed by atoms with van der Waals surface area (Å²) in [4.78, 5) is 0. The van der Waals surface area contributed by atoms with E-state index in [1.807, 2.05) is 0 Å². The fraction of sp³-hybridized carbons (Fsp3) is 0.455. The van der Waals surface area contributed by atoms with Gasteiger partial charge in [-0.1, -0.05) is 32.0 Å². The smallest absolute Gasteiger partial charge is 0.303 e. The lowest BCUT2D eigenvalue weighted by atomic mass is 9.86. The van der Waals surface area contributed by atoms with Gasteiger partial charge in [0.2, 0.25) is 0 Å². The van der Waals surface area contributed by atoms with E-state index >= 15 is 0 Å². The van der Waals surface area contributed by atoms with Crippen LogP contribution in [0.3, 0.4) is 0 Å². The van der Waals surface area contributed by atoms with E-state index in [9.17, 15) is 12.3 Å². The second-order valence-corrected chi connectivity index (χ2v) is 5.63. The number of methoxy groups -OCH3 is 1. The first kappa shape index (κ1) is 13.0. The zero-order valence-electron chi connectivity index (χ0n) is 9.53. The molecule has 0 fully saturated rings. The lowest BCUT2D eigenvalue weighted by Crippen LogP contribution is -2.26. The van der Waals surface area contributed by atoms with E-state index in [0.717, 1.165) is 0 Å². The molecular weight excluding hydrogens is 231 g/mol. The number of para-hydroxylation sites is 1. The van der Waals surface area contributed by atoms with Gasteiger partial charge in [0.1, 0.15) is 5.75 Å². The van der Waals surface area contributed by atoms with Gasteiger partial charge in [-0.05, 0) is 6.07 Å². The van der Waals surface area contributed by atoms with Crippen molar-refractivity contribution in [3.05, 3.63) is 29.8 Å². The van der Waals surface area contributed by atoms with Crippen LogP contribution in [-0.2, 0) is 15.6 Å². The predicted molar refractivity (Wildman–Crippen MR) is 60.9 cm³/mol. The van der Waals surface area contributed by atoms with Gasteiger partial charge in [-0.15, -0.1) is 3.89 Å². The SMILES string of the molecule is COc1ccccc1C(C)(C)CS(=O)(=O)F. The molecule has 0 atom stereocenters. The van der Waals surface area contributed by atoms with E-state index in [0.29, 0.717) is 11.3 Å². The Balaban J connectivity index is 3.16. The molecule has 0 aliphatic rings. The average Bonchev–Trinajstić information content (AvgIpc) is 2.14. The van der Waals surface area contributed by atoms with Crippen molar-refractivity contribution in [2.24, 2.45) is 0 Å². The number of benzene rings is 1. The average molecular weight is 246 g/mol. The van der Waals surface area contributed by atoms with Crippen molar-refractivity contribution in [1.29, 1.82) is 0 Å². The minimum absolute atomic E-state index is 0.555. The minimum atomic E-state index is -4.51. The fourth-order valence-electron chi connectivity index (χ4n) is 1.71. The van der Waals surface area contributed by atoms with Gasteiger partial charge in [-0.2, -0.15) is 8.42 Å². The second kappa shape index (κ2) is 4.41. The third-order valence-corrected chi connectivity index (χ3v) is 3.44. The standard InChI is InChI=1S/C11H15FO3S/c1-11(2,8-16(12,13)14)9-6-4-5-7-10(9)15-3/h4-7H,8H2,1-3H3. The zero-order chi connectivity index (χ0) is 12.4. The molecular formula is C11H15FO3S. The van der Waals surface area contributed by atoms with Crippen LogP contribution >= 0.6 is 0 Å².